The first-order valence-electron chi connectivity index (χ1n) is 16.6. The number of thioether (sulfide) groups is 1. The van der Waals surface area contributed by atoms with Crippen LogP contribution in [0.3, 0.4) is 0 Å². The second-order valence-corrected chi connectivity index (χ2v) is 18.4. The molecule has 2 spiro atoms. The van der Waals surface area contributed by atoms with E-state index in [-0.39, 0.29) is 34.1 Å². The molecule has 2 aromatic heterocycles. The third-order valence-electron chi connectivity index (χ3n) is 13.0. The number of fused-ring (bicyclic) bond motifs is 2. The van der Waals surface area contributed by atoms with Crippen molar-refractivity contribution < 1.29 is 19.7 Å². The highest BCUT2D eigenvalue weighted by Gasteiger charge is 2.74. The average molecular weight is 662 g/mol. The number of hydrogen-bond acceptors (Lipinski definition) is 8. The Balaban J connectivity index is 1.16. The number of thiazole rings is 1. The number of thiophene rings is 1. The van der Waals surface area contributed by atoms with Gasteiger partial charge in [0.1, 0.15) is 5.75 Å². The fraction of sp³-hybridized carbons (Fsp3) is 0.568. The van der Waals surface area contributed by atoms with Crippen molar-refractivity contribution in [1.29, 1.82) is 0 Å². The van der Waals surface area contributed by atoms with Gasteiger partial charge in [0.05, 0.1) is 33.4 Å². The molecule has 45 heavy (non-hydrogen) atoms. The number of allylic oxidation sites excluding steroid dienone is 4. The minimum atomic E-state index is -0.868. The van der Waals surface area contributed by atoms with Crippen LogP contribution in [-0.4, -0.2) is 45.0 Å². The summed E-state index contributed by atoms with van der Waals surface area (Å²) < 4.78 is 7.78. The number of ether oxygens (including phenoxy) is 1. The summed E-state index contributed by atoms with van der Waals surface area (Å²) in [6.07, 6.45) is 12.8. The molecule has 3 saturated carbocycles. The van der Waals surface area contributed by atoms with Crippen LogP contribution in [0.2, 0.25) is 0 Å². The normalized spacial score (nSPS) is 39.8. The molecular weight excluding hydrogens is 619 g/mol. The van der Waals surface area contributed by atoms with Gasteiger partial charge in [-0.25, -0.2) is 4.98 Å². The number of aliphatic hydroxyl groups excluding tert-OH is 1. The van der Waals surface area contributed by atoms with E-state index in [2.05, 4.69) is 45.1 Å². The molecule has 9 rings (SSSR count). The van der Waals surface area contributed by atoms with E-state index in [9.17, 15) is 15.0 Å². The van der Waals surface area contributed by atoms with Gasteiger partial charge in [-0.2, -0.15) is 0 Å². The molecular formula is C37H43NO4S3. The Hall–Kier alpha value is -1.97. The molecule has 3 aromatic rings. The average Bonchev–Trinajstić information content (AvgIpc) is 3.71. The number of aromatic nitrogens is 1. The lowest BCUT2D eigenvalue weighted by molar-refractivity contribution is -0.166. The zero-order chi connectivity index (χ0) is 31.4. The van der Waals surface area contributed by atoms with Crippen molar-refractivity contribution in [2.24, 2.45) is 33.5 Å². The van der Waals surface area contributed by atoms with Crippen molar-refractivity contribution in [3.63, 3.8) is 0 Å². The van der Waals surface area contributed by atoms with E-state index in [0.29, 0.717) is 24.7 Å². The lowest BCUT2D eigenvalue weighted by Gasteiger charge is -2.71. The summed E-state index contributed by atoms with van der Waals surface area (Å²) in [5.74, 6) is 2.07. The van der Waals surface area contributed by atoms with E-state index in [0.717, 1.165) is 74.2 Å². The SMILES string of the molecule is CCOc1ccc2nc(SCC3(O)CCC4C56C=CC7(C=C5C(=O)c5ccc(C)s5)CC(O)CCC7(C)C6CCC43C)sc2c1. The number of ketones is 1. The number of carbonyl (C=O) groups excluding carboxylic acids is 1. The molecule has 0 amide bonds. The molecule has 8 heteroatoms. The summed E-state index contributed by atoms with van der Waals surface area (Å²) in [6.45, 7) is 9.45. The molecule has 0 saturated heterocycles. The molecule has 0 aliphatic heterocycles. The van der Waals surface area contributed by atoms with E-state index in [1.165, 1.54) is 0 Å². The van der Waals surface area contributed by atoms with Crippen molar-refractivity contribution in [2.45, 2.75) is 88.7 Å². The molecule has 5 nitrogen and oxygen atoms in total. The monoisotopic (exact) mass is 661 g/mol. The van der Waals surface area contributed by atoms with Crippen LogP contribution in [0.1, 0.15) is 80.3 Å². The summed E-state index contributed by atoms with van der Waals surface area (Å²) in [7, 11) is 0. The van der Waals surface area contributed by atoms with Crippen LogP contribution in [-0.2, 0) is 0 Å². The van der Waals surface area contributed by atoms with Gasteiger partial charge in [-0.15, -0.1) is 22.7 Å². The summed E-state index contributed by atoms with van der Waals surface area (Å²) >= 11 is 4.93. The van der Waals surface area contributed by atoms with Gasteiger partial charge < -0.3 is 14.9 Å². The molecule has 3 fully saturated rings. The van der Waals surface area contributed by atoms with Gasteiger partial charge in [0.25, 0.3) is 0 Å². The Kier molecular flexibility index (Phi) is 6.93. The van der Waals surface area contributed by atoms with Gasteiger partial charge >= 0.3 is 0 Å². The predicted octanol–water partition coefficient (Wildman–Crippen LogP) is 8.63. The molecule has 2 N–H and O–H groups in total. The van der Waals surface area contributed by atoms with Crippen molar-refractivity contribution in [3.05, 3.63) is 63.9 Å². The summed E-state index contributed by atoms with van der Waals surface area (Å²) in [5.41, 5.74) is -0.0431. The number of aliphatic hydroxyl groups is 2. The Morgan fingerprint density at radius 3 is 2.60 bits per heavy atom. The molecule has 8 unspecified atom stereocenters. The highest BCUT2D eigenvalue weighted by atomic mass is 32.2. The number of rotatable bonds is 7. The molecule has 2 heterocycles. The maximum absolute atomic E-state index is 14.6. The highest BCUT2D eigenvalue weighted by molar-refractivity contribution is 8.01. The second-order valence-electron chi connectivity index (χ2n) is 14.9. The first-order chi connectivity index (χ1) is 21.5. The Morgan fingerprint density at radius 1 is 1.04 bits per heavy atom. The van der Waals surface area contributed by atoms with Gasteiger partial charge in [0, 0.05) is 32.4 Å². The van der Waals surface area contributed by atoms with Crippen molar-refractivity contribution in [1.82, 2.24) is 4.98 Å². The van der Waals surface area contributed by atoms with E-state index >= 15 is 0 Å². The number of carbonyl (C=O) groups is 1. The smallest absolute Gasteiger partial charge is 0.199 e. The third-order valence-corrected chi connectivity index (χ3v) is 16.4. The maximum atomic E-state index is 14.6. The lowest BCUT2D eigenvalue weighted by Crippen LogP contribution is -2.67. The van der Waals surface area contributed by atoms with E-state index < -0.39 is 11.0 Å². The van der Waals surface area contributed by atoms with Crippen molar-refractivity contribution in [3.8, 4) is 5.75 Å². The fourth-order valence-electron chi connectivity index (χ4n) is 10.6. The summed E-state index contributed by atoms with van der Waals surface area (Å²) in [5, 5.41) is 23.6. The first kappa shape index (κ1) is 30.4. The largest absolute Gasteiger partial charge is 0.494 e. The predicted molar refractivity (Wildman–Crippen MR) is 183 cm³/mol. The topological polar surface area (TPSA) is 79.7 Å². The Bertz CT molecular complexity index is 1760. The number of nitrogens with zero attached hydrogens (tertiary/aromatic N) is 1. The number of benzene rings is 1. The molecule has 2 bridgehead atoms. The van der Waals surface area contributed by atoms with Gasteiger partial charge in [-0.1, -0.05) is 43.8 Å². The first-order valence-corrected chi connectivity index (χ1v) is 19.2. The lowest BCUT2D eigenvalue weighted by atomic mass is 9.33. The Labute approximate surface area is 278 Å². The molecule has 0 radical (unpaired) electrons. The van der Waals surface area contributed by atoms with Gasteiger partial charge in [0.15, 0.2) is 10.1 Å². The fourth-order valence-corrected chi connectivity index (χ4v) is 13.9. The quantitative estimate of drug-likeness (QED) is 0.150. The zero-order valence-electron chi connectivity index (χ0n) is 26.6. The van der Waals surface area contributed by atoms with Gasteiger partial charge in [0.2, 0.25) is 0 Å². The third kappa shape index (κ3) is 4.11. The highest BCUT2D eigenvalue weighted by Crippen LogP contribution is 2.78. The molecule has 6 aliphatic carbocycles. The van der Waals surface area contributed by atoms with Crippen LogP contribution >= 0.6 is 34.4 Å². The van der Waals surface area contributed by atoms with Gasteiger partial charge in [-0.05, 0) is 106 Å². The Morgan fingerprint density at radius 2 is 1.82 bits per heavy atom. The molecule has 6 aliphatic rings. The molecule has 8 atom stereocenters. The number of Topliss-reactive ketones (excluding diaryl/α,β-unsaturated/α-hetero) is 1. The van der Waals surface area contributed by atoms with Gasteiger partial charge in [-0.3, -0.25) is 4.79 Å². The summed E-state index contributed by atoms with van der Waals surface area (Å²) in [6, 6.07) is 10.1. The summed E-state index contributed by atoms with van der Waals surface area (Å²) in [4.78, 5) is 21.4. The van der Waals surface area contributed by atoms with Crippen LogP contribution < -0.4 is 4.74 Å². The minimum absolute atomic E-state index is 0.0196. The van der Waals surface area contributed by atoms with Crippen LogP contribution in [0, 0.1) is 40.4 Å². The van der Waals surface area contributed by atoms with Crippen molar-refractivity contribution >= 4 is 50.4 Å². The second kappa shape index (κ2) is 10.3. The van der Waals surface area contributed by atoms with Crippen molar-refractivity contribution in [2.75, 3.05) is 12.4 Å². The zero-order valence-corrected chi connectivity index (χ0v) is 29.0. The number of aryl methyl sites for hydroxylation is 1. The van der Waals surface area contributed by atoms with Crippen LogP contribution in [0.25, 0.3) is 10.2 Å². The number of hydrogen-bond donors (Lipinski definition) is 2. The molecule has 238 valence electrons. The van der Waals surface area contributed by atoms with Crippen LogP contribution in [0.15, 0.2) is 58.5 Å². The van der Waals surface area contributed by atoms with E-state index in [4.69, 9.17) is 9.72 Å². The molecule has 1 aromatic carbocycles. The standard InChI is InChI=1S/C37H43NO4S3/c1-5-42-24-7-8-26-28(18-24)45-32(38-26)43-21-36(41)15-12-30-34(36,4)14-11-29-33(3)13-10-23(39)19-35(33)16-17-37(29,30)25(20-35)31(40)27-9-6-22(2)44-27/h6-9,16-18,20,23,29-30,39,41H,5,10-15,19,21H2,1-4H3. The van der Waals surface area contributed by atoms with Crippen LogP contribution in [0.4, 0.5) is 0 Å². The maximum Gasteiger partial charge on any atom is 0.199 e. The van der Waals surface area contributed by atoms with E-state index in [1.807, 2.05) is 31.2 Å². The van der Waals surface area contributed by atoms with E-state index in [1.54, 1.807) is 34.4 Å². The minimum Gasteiger partial charge on any atom is -0.494 e. The van der Waals surface area contributed by atoms with Crippen LogP contribution in [0.5, 0.6) is 5.75 Å².